The highest BCUT2D eigenvalue weighted by Gasteiger charge is 2.23. The summed E-state index contributed by atoms with van der Waals surface area (Å²) in [6.07, 6.45) is 3.97. The van der Waals surface area contributed by atoms with Crippen LogP contribution in [0.25, 0.3) is 11.3 Å². The Bertz CT molecular complexity index is 1030. The summed E-state index contributed by atoms with van der Waals surface area (Å²) in [5.41, 5.74) is 8.69. The SMILES string of the molecule is N#Cc1cc(F)c(N[C@@H]2CCCC[C@@H]2N)cc1Nc1cc(-c2ccccc2)no1. The average molecular weight is 391 g/mol. The highest BCUT2D eigenvalue weighted by atomic mass is 19.1. The summed E-state index contributed by atoms with van der Waals surface area (Å²) in [5, 5.41) is 19.7. The molecule has 148 valence electrons. The quantitative estimate of drug-likeness (QED) is 0.579. The predicted molar refractivity (Wildman–Crippen MR) is 110 cm³/mol. The van der Waals surface area contributed by atoms with E-state index in [2.05, 4.69) is 15.8 Å². The van der Waals surface area contributed by atoms with Crippen LogP contribution >= 0.6 is 0 Å². The zero-order chi connectivity index (χ0) is 20.2. The minimum absolute atomic E-state index is 0.00833. The molecule has 0 unspecified atom stereocenters. The fourth-order valence-corrected chi connectivity index (χ4v) is 3.63. The molecule has 1 fully saturated rings. The molecule has 4 rings (SSSR count). The number of nitrogens with one attached hydrogen (secondary N) is 2. The van der Waals surface area contributed by atoms with E-state index < -0.39 is 5.82 Å². The molecule has 1 saturated carbocycles. The fourth-order valence-electron chi connectivity index (χ4n) is 3.63. The number of nitrogens with zero attached hydrogens (tertiary/aromatic N) is 2. The molecule has 1 aliphatic carbocycles. The molecule has 4 N–H and O–H groups in total. The molecule has 2 atom stereocenters. The summed E-state index contributed by atoms with van der Waals surface area (Å²) in [7, 11) is 0. The highest BCUT2D eigenvalue weighted by Crippen LogP contribution is 2.31. The van der Waals surface area contributed by atoms with E-state index >= 15 is 0 Å². The average Bonchev–Trinajstić information content (AvgIpc) is 3.21. The maximum atomic E-state index is 14.5. The van der Waals surface area contributed by atoms with Gasteiger partial charge in [0.2, 0.25) is 5.88 Å². The summed E-state index contributed by atoms with van der Waals surface area (Å²) < 4.78 is 19.9. The van der Waals surface area contributed by atoms with E-state index in [1.807, 2.05) is 36.4 Å². The lowest BCUT2D eigenvalue weighted by Gasteiger charge is -2.30. The standard InChI is InChI=1S/C22H22FN5O/c23-16-10-15(13-24)19(11-21(16)26-18-9-5-4-8-17(18)25)27-22-12-20(28-29-22)14-6-2-1-3-7-14/h1-3,6-7,10-12,17-18,26-27H,4-5,8-9,25H2/t17-,18+/m0/s1. The van der Waals surface area contributed by atoms with Crippen molar-refractivity contribution in [3.05, 3.63) is 59.9 Å². The molecule has 1 aromatic heterocycles. The Labute approximate surface area is 168 Å². The minimum atomic E-state index is -0.479. The summed E-state index contributed by atoms with van der Waals surface area (Å²) in [6.45, 7) is 0. The van der Waals surface area contributed by atoms with Gasteiger partial charge in [-0.3, -0.25) is 0 Å². The summed E-state index contributed by atoms with van der Waals surface area (Å²) in [5.74, 6) is -0.111. The van der Waals surface area contributed by atoms with Crippen LogP contribution < -0.4 is 16.4 Å². The van der Waals surface area contributed by atoms with Gasteiger partial charge in [-0.2, -0.15) is 5.26 Å². The van der Waals surface area contributed by atoms with Gasteiger partial charge in [0, 0.05) is 23.7 Å². The minimum Gasteiger partial charge on any atom is -0.378 e. The first-order valence-corrected chi connectivity index (χ1v) is 9.69. The van der Waals surface area contributed by atoms with Crippen molar-refractivity contribution in [3.63, 3.8) is 0 Å². The molecule has 3 aromatic rings. The Kier molecular flexibility index (Phi) is 5.45. The van der Waals surface area contributed by atoms with E-state index in [1.54, 1.807) is 12.1 Å². The van der Waals surface area contributed by atoms with E-state index in [4.69, 9.17) is 10.3 Å². The first-order chi connectivity index (χ1) is 14.1. The van der Waals surface area contributed by atoms with Crippen molar-refractivity contribution in [1.82, 2.24) is 5.16 Å². The van der Waals surface area contributed by atoms with Crippen molar-refractivity contribution in [3.8, 4) is 17.3 Å². The number of halogens is 1. The monoisotopic (exact) mass is 391 g/mol. The molecule has 0 amide bonds. The predicted octanol–water partition coefficient (Wildman–Crippen LogP) is 4.78. The van der Waals surface area contributed by atoms with Gasteiger partial charge in [-0.1, -0.05) is 48.3 Å². The Morgan fingerprint density at radius 2 is 1.90 bits per heavy atom. The second-order valence-corrected chi connectivity index (χ2v) is 7.26. The van der Waals surface area contributed by atoms with E-state index in [1.165, 1.54) is 6.07 Å². The third-order valence-electron chi connectivity index (χ3n) is 5.23. The molecule has 0 aliphatic heterocycles. The summed E-state index contributed by atoms with van der Waals surface area (Å²) >= 11 is 0. The van der Waals surface area contributed by atoms with Crippen LogP contribution in [0.3, 0.4) is 0 Å². The highest BCUT2D eigenvalue weighted by molar-refractivity contribution is 5.71. The van der Waals surface area contributed by atoms with Gasteiger partial charge in [0.1, 0.15) is 17.6 Å². The maximum absolute atomic E-state index is 14.5. The zero-order valence-corrected chi connectivity index (χ0v) is 15.9. The second kappa shape index (κ2) is 8.33. The molecule has 0 bridgehead atoms. The van der Waals surface area contributed by atoms with Crippen LogP contribution in [0, 0.1) is 17.1 Å². The number of hydrogen-bond acceptors (Lipinski definition) is 6. The molecule has 2 aromatic carbocycles. The van der Waals surface area contributed by atoms with Gasteiger partial charge < -0.3 is 20.9 Å². The Balaban J connectivity index is 1.58. The molecule has 0 spiro atoms. The zero-order valence-electron chi connectivity index (χ0n) is 15.9. The van der Waals surface area contributed by atoms with Gasteiger partial charge in [0.05, 0.1) is 16.9 Å². The second-order valence-electron chi connectivity index (χ2n) is 7.26. The molecule has 1 heterocycles. The maximum Gasteiger partial charge on any atom is 0.229 e. The third kappa shape index (κ3) is 4.23. The lowest BCUT2D eigenvalue weighted by atomic mass is 9.91. The number of benzene rings is 2. The smallest absolute Gasteiger partial charge is 0.229 e. The van der Waals surface area contributed by atoms with Crippen molar-refractivity contribution in [2.75, 3.05) is 10.6 Å². The first-order valence-electron chi connectivity index (χ1n) is 9.69. The van der Waals surface area contributed by atoms with Crippen molar-refractivity contribution in [1.29, 1.82) is 5.26 Å². The van der Waals surface area contributed by atoms with Gasteiger partial charge in [-0.05, 0) is 25.0 Å². The molecule has 6 nitrogen and oxygen atoms in total. The molecule has 1 aliphatic rings. The number of anilines is 3. The van der Waals surface area contributed by atoms with Gasteiger partial charge >= 0.3 is 0 Å². The lowest BCUT2D eigenvalue weighted by Crippen LogP contribution is -2.42. The van der Waals surface area contributed by atoms with Gasteiger partial charge in [-0.25, -0.2) is 4.39 Å². The van der Waals surface area contributed by atoms with Crippen LogP contribution in [0.5, 0.6) is 0 Å². The Morgan fingerprint density at radius 1 is 1.10 bits per heavy atom. The van der Waals surface area contributed by atoms with E-state index in [9.17, 15) is 9.65 Å². The Morgan fingerprint density at radius 3 is 2.66 bits per heavy atom. The molecule has 7 heteroatoms. The van der Waals surface area contributed by atoms with Crippen molar-refractivity contribution < 1.29 is 8.91 Å². The van der Waals surface area contributed by atoms with Crippen molar-refractivity contribution >= 4 is 17.3 Å². The van der Waals surface area contributed by atoms with Crippen LogP contribution in [-0.2, 0) is 0 Å². The molecule has 0 radical (unpaired) electrons. The topological polar surface area (TPSA) is 99.9 Å². The number of nitriles is 1. The summed E-state index contributed by atoms with van der Waals surface area (Å²) in [4.78, 5) is 0. The van der Waals surface area contributed by atoms with Gasteiger partial charge in [0.15, 0.2) is 0 Å². The number of rotatable bonds is 5. The largest absolute Gasteiger partial charge is 0.378 e. The van der Waals surface area contributed by atoms with E-state index in [0.717, 1.165) is 31.2 Å². The fraction of sp³-hybridized carbons (Fsp3) is 0.273. The molecule has 0 saturated heterocycles. The van der Waals surface area contributed by atoms with Crippen molar-refractivity contribution in [2.45, 2.75) is 37.8 Å². The third-order valence-corrected chi connectivity index (χ3v) is 5.23. The molecular formula is C22H22FN5O. The first kappa shape index (κ1) is 19.0. The van der Waals surface area contributed by atoms with Crippen LogP contribution in [0.1, 0.15) is 31.2 Å². The molecule has 29 heavy (non-hydrogen) atoms. The van der Waals surface area contributed by atoms with Crippen LogP contribution in [0.2, 0.25) is 0 Å². The number of nitrogens with two attached hydrogens (primary N) is 1. The van der Waals surface area contributed by atoms with Crippen molar-refractivity contribution in [2.24, 2.45) is 5.73 Å². The summed E-state index contributed by atoms with van der Waals surface area (Å²) in [6, 6.07) is 16.2. The van der Waals surface area contributed by atoms with Gasteiger partial charge in [0.25, 0.3) is 0 Å². The van der Waals surface area contributed by atoms with Crippen LogP contribution in [0.4, 0.5) is 21.6 Å². The van der Waals surface area contributed by atoms with Gasteiger partial charge in [-0.15, -0.1) is 0 Å². The van der Waals surface area contributed by atoms with Crippen LogP contribution in [0.15, 0.2) is 53.1 Å². The van der Waals surface area contributed by atoms with E-state index in [-0.39, 0.29) is 17.6 Å². The molecular weight excluding hydrogens is 369 g/mol. The number of aromatic nitrogens is 1. The Hall–Kier alpha value is -3.37. The normalized spacial score (nSPS) is 18.8. The van der Waals surface area contributed by atoms with Crippen LogP contribution in [-0.4, -0.2) is 17.2 Å². The van der Waals surface area contributed by atoms with E-state index in [0.29, 0.717) is 23.0 Å². The number of hydrogen-bond donors (Lipinski definition) is 3. The lowest BCUT2D eigenvalue weighted by molar-refractivity contribution is 0.403.